The van der Waals surface area contributed by atoms with E-state index in [1.54, 1.807) is 0 Å². The van der Waals surface area contributed by atoms with Gasteiger partial charge in [-0.05, 0) is 41.9 Å². The molecule has 2 aromatic rings. The third-order valence-electron chi connectivity index (χ3n) is 3.37. The van der Waals surface area contributed by atoms with Gasteiger partial charge in [-0.1, -0.05) is 24.3 Å². The number of pyridine rings is 1. The van der Waals surface area contributed by atoms with E-state index in [-0.39, 0.29) is 6.10 Å². The molecule has 0 radical (unpaired) electrons. The molecule has 1 atom stereocenters. The zero-order valence-electron chi connectivity index (χ0n) is 9.63. The van der Waals surface area contributed by atoms with Crippen molar-refractivity contribution in [1.29, 1.82) is 0 Å². The predicted octanol–water partition coefficient (Wildman–Crippen LogP) is 3.16. The Morgan fingerprint density at radius 1 is 1.24 bits per heavy atom. The van der Waals surface area contributed by atoms with E-state index < -0.39 is 0 Å². The van der Waals surface area contributed by atoms with Crippen LogP contribution in [0.25, 0.3) is 16.3 Å². The molecular formula is C15H15NO. The van der Waals surface area contributed by atoms with E-state index >= 15 is 0 Å². The first-order valence-electron chi connectivity index (χ1n) is 6.06. The number of rotatable bonds is 1. The molecule has 0 saturated carbocycles. The molecule has 0 spiro atoms. The van der Waals surface area contributed by atoms with Crippen LogP contribution in [0.4, 0.5) is 0 Å². The van der Waals surface area contributed by atoms with Gasteiger partial charge in [0.1, 0.15) is 0 Å². The molecular weight excluding hydrogens is 210 g/mol. The summed E-state index contributed by atoms with van der Waals surface area (Å²) in [6, 6.07) is 8.31. The predicted molar refractivity (Wildman–Crippen MR) is 69.6 cm³/mol. The van der Waals surface area contributed by atoms with Crippen molar-refractivity contribution in [3.8, 4) is 0 Å². The van der Waals surface area contributed by atoms with Crippen LogP contribution in [0.15, 0.2) is 42.7 Å². The Hall–Kier alpha value is -1.67. The van der Waals surface area contributed by atoms with Gasteiger partial charge >= 0.3 is 0 Å². The van der Waals surface area contributed by atoms with E-state index in [2.05, 4.69) is 23.2 Å². The SMILES string of the molecule is OC1C=C(c2cccc3cnccc23)CCC1. The van der Waals surface area contributed by atoms with Crippen molar-refractivity contribution in [2.45, 2.75) is 25.4 Å². The summed E-state index contributed by atoms with van der Waals surface area (Å²) in [4.78, 5) is 4.15. The Morgan fingerprint density at radius 2 is 2.18 bits per heavy atom. The van der Waals surface area contributed by atoms with Crippen LogP contribution >= 0.6 is 0 Å². The molecule has 0 amide bonds. The maximum atomic E-state index is 9.72. The number of aromatic nitrogens is 1. The molecule has 3 rings (SSSR count). The summed E-state index contributed by atoms with van der Waals surface area (Å²) in [5.41, 5.74) is 2.50. The maximum Gasteiger partial charge on any atom is 0.0726 e. The number of benzene rings is 1. The first-order valence-corrected chi connectivity index (χ1v) is 6.06. The van der Waals surface area contributed by atoms with E-state index in [9.17, 15) is 5.11 Å². The maximum absolute atomic E-state index is 9.72. The van der Waals surface area contributed by atoms with Crippen molar-refractivity contribution >= 4 is 16.3 Å². The molecule has 0 aliphatic heterocycles. The number of allylic oxidation sites excluding steroid dienone is 1. The Labute approximate surface area is 101 Å². The molecule has 2 heteroatoms. The van der Waals surface area contributed by atoms with Gasteiger partial charge < -0.3 is 5.11 Å². The molecule has 17 heavy (non-hydrogen) atoms. The van der Waals surface area contributed by atoms with Crippen LogP contribution < -0.4 is 0 Å². The van der Waals surface area contributed by atoms with Crippen LogP contribution in [0.2, 0.25) is 0 Å². The smallest absolute Gasteiger partial charge is 0.0726 e. The van der Waals surface area contributed by atoms with Gasteiger partial charge in [-0.25, -0.2) is 0 Å². The number of hydrogen-bond donors (Lipinski definition) is 1. The summed E-state index contributed by atoms with van der Waals surface area (Å²) in [6.45, 7) is 0. The van der Waals surface area contributed by atoms with Crippen molar-refractivity contribution in [2.75, 3.05) is 0 Å². The summed E-state index contributed by atoms with van der Waals surface area (Å²) >= 11 is 0. The average molecular weight is 225 g/mol. The topological polar surface area (TPSA) is 33.1 Å². The van der Waals surface area contributed by atoms with Gasteiger partial charge in [0.15, 0.2) is 0 Å². The van der Waals surface area contributed by atoms with E-state index in [1.807, 2.05) is 24.5 Å². The molecule has 1 aliphatic rings. The van der Waals surface area contributed by atoms with Gasteiger partial charge in [-0.15, -0.1) is 0 Å². The van der Waals surface area contributed by atoms with E-state index in [1.165, 1.54) is 16.5 Å². The lowest BCUT2D eigenvalue weighted by atomic mass is 9.90. The molecule has 0 bridgehead atoms. The number of aliphatic hydroxyl groups excluding tert-OH is 1. The third kappa shape index (κ3) is 1.96. The molecule has 2 nitrogen and oxygen atoms in total. The summed E-state index contributed by atoms with van der Waals surface area (Å²) in [7, 11) is 0. The monoisotopic (exact) mass is 225 g/mol. The van der Waals surface area contributed by atoms with E-state index in [0.29, 0.717) is 0 Å². The number of hydrogen-bond acceptors (Lipinski definition) is 2. The number of fused-ring (bicyclic) bond motifs is 1. The van der Waals surface area contributed by atoms with Gasteiger partial charge in [-0.3, -0.25) is 4.98 Å². The molecule has 1 heterocycles. The number of nitrogens with zero attached hydrogens (tertiary/aromatic N) is 1. The standard InChI is InChI=1S/C15H15NO/c17-13-5-1-3-11(9-13)14-6-2-4-12-10-16-8-7-15(12)14/h2,4,6-10,13,17H,1,3,5H2. The summed E-state index contributed by atoms with van der Waals surface area (Å²) < 4.78 is 0. The fraction of sp³-hybridized carbons (Fsp3) is 0.267. The van der Waals surface area contributed by atoms with E-state index in [4.69, 9.17) is 0 Å². The first kappa shape index (κ1) is 10.5. The van der Waals surface area contributed by atoms with Crippen LogP contribution in [0.3, 0.4) is 0 Å². The minimum Gasteiger partial charge on any atom is -0.389 e. The van der Waals surface area contributed by atoms with Gasteiger partial charge in [-0.2, -0.15) is 0 Å². The first-order chi connectivity index (χ1) is 8.34. The molecule has 1 aromatic carbocycles. The van der Waals surface area contributed by atoms with Gasteiger partial charge in [0.05, 0.1) is 6.10 Å². The van der Waals surface area contributed by atoms with Crippen LogP contribution in [0.1, 0.15) is 24.8 Å². The quantitative estimate of drug-likeness (QED) is 0.808. The molecule has 86 valence electrons. The van der Waals surface area contributed by atoms with Gasteiger partial charge in [0.2, 0.25) is 0 Å². The van der Waals surface area contributed by atoms with Crippen molar-refractivity contribution < 1.29 is 5.11 Å². The highest BCUT2D eigenvalue weighted by molar-refractivity contribution is 5.93. The lowest BCUT2D eigenvalue weighted by Gasteiger charge is -2.18. The second-order valence-electron chi connectivity index (χ2n) is 4.55. The largest absolute Gasteiger partial charge is 0.389 e. The third-order valence-corrected chi connectivity index (χ3v) is 3.37. The van der Waals surface area contributed by atoms with Crippen molar-refractivity contribution in [2.24, 2.45) is 0 Å². The second-order valence-corrected chi connectivity index (χ2v) is 4.55. The molecule has 0 saturated heterocycles. The van der Waals surface area contributed by atoms with Crippen molar-refractivity contribution in [3.05, 3.63) is 48.3 Å². The highest BCUT2D eigenvalue weighted by Gasteiger charge is 2.13. The highest BCUT2D eigenvalue weighted by atomic mass is 16.3. The van der Waals surface area contributed by atoms with Crippen LogP contribution in [-0.2, 0) is 0 Å². The van der Waals surface area contributed by atoms with Crippen molar-refractivity contribution in [1.82, 2.24) is 4.98 Å². The molecule has 0 fully saturated rings. The zero-order valence-corrected chi connectivity index (χ0v) is 9.63. The van der Waals surface area contributed by atoms with E-state index in [0.717, 1.165) is 24.6 Å². The van der Waals surface area contributed by atoms with Crippen molar-refractivity contribution in [3.63, 3.8) is 0 Å². The lowest BCUT2D eigenvalue weighted by Crippen LogP contribution is -2.08. The minimum atomic E-state index is -0.282. The lowest BCUT2D eigenvalue weighted by molar-refractivity contribution is 0.206. The Bertz CT molecular complexity index is 569. The summed E-state index contributed by atoms with van der Waals surface area (Å²) in [5, 5.41) is 12.1. The van der Waals surface area contributed by atoms with Crippen LogP contribution in [-0.4, -0.2) is 16.2 Å². The molecule has 1 aliphatic carbocycles. The highest BCUT2D eigenvalue weighted by Crippen LogP contribution is 2.31. The summed E-state index contributed by atoms with van der Waals surface area (Å²) in [5.74, 6) is 0. The second kappa shape index (κ2) is 4.30. The van der Waals surface area contributed by atoms with Gasteiger partial charge in [0.25, 0.3) is 0 Å². The average Bonchev–Trinajstić information content (AvgIpc) is 2.38. The summed E-state index contributed by atoms with van der Waals surface area (Å²) in [6.07, 6.45) is 8.43. The Morgan fingerprint density at radius 3 is 3.06 bits per heavy atom. The fourth-order valence-electron chi connectivity index (χ4n) is 2.53. The van der Waals surface area contributed by atoms with Crippen LogP contribution in [0.5, 0.6) is 0 Å². The molecule has 1 N–H and O–H groups in total. The normalized spacial score (nSPS) is 20.3. The fourth-order valence-corrected chi connectivity index (χ4v) is 2.53. The Kier molecular flexibility index (Phi) is 2.65. The number of aliphatic hydroxyl groups is 1. The Balaban J connectivity index is 2.17. The zero-order chi connectivity index (χ0) is 11.7. The van der Waals surface area contributed by atoms with Crippen LogP contribution in [0, 0.1) is 0 Å². The molecule has 1 unspecified atom stereocenters. The minimum absolute atomic E-state index is 0.282. The van der Waals surface area contributed by atoms with Gasteiger partial charge in [0, 0.05) is 17.8 Å². The molecule has 1 aromatic heterocycles.